The zero-order chi connectivity index (χ0) is 11.7. The van der Waals surface area contributed by atoms with Crippen molar-refractivity contribution < 1.29 is 9.50 Å². The highest BCUT2D eigenvalue weighted by atomic mass is 35.5. The van der Waals surface area contributed by atoms with Crippen molar-refractivity contribution in [3.8, 4) is 16.9 Å². The van der Waals surface area contributed by atoms with Gasteiger partial charge in [0.15, 0.2) is 0 Å². The Balaban J connectivity index is 2.72. The van der Waals surface area contributed by atoms with Crippen molar-refractivity contribution in [2.45, 2.75) is 0 Å². The van der Waals surface area contributed by atoms with E-state index in [2.05, 4.69) is 4.98 Å². The van der Waals surface area contributed by atoms with Crippen LogP contribution in [0.1, 0.15) is 0 Å². The van der Waals surface area contributed by atoms with Crippen LogP contribution < -0.4 is 0 Å². The molecule has 0 saturated heterocycles. The predicted molar refractivity (Wildman–Crippen MR) is 61.3 cm³/mol. The summed E-state index contributed by atoms with van der Waals surface area (Å²) in [4.78, 5) is 3.32. The second kappa shape index (κ2) is 4.28. The van der Waals surface area contributed by atoms with Crippen molar-refractivity contribution in [3.05, 3.63) is 46.5 Å². The van der Waals surface area contributed by atoms with Gasteiger partial charge in [0.25, 0.3) is 0 Å². The van der Waals surface area contributed by atoms with Gasteiger partial charge in [-0.1, -0.05) is 29.3 Å². The van der Waals surface area contributed by atoms with Gasteiger partial charge in [0.2, 0.25) is 5.95 Å². The molecular formula is C11H6Cl2FNO. The Morgan fingerprint density at radius 3 is 2.44 bits per heavy atom. The number of benzene rings is 1. The Hall–Kier alpha value is -1.32. The Morgan fingerprint density at radius 1 is 1.19 bits per heavy atom. The molecule has 0 fully saturated rings. The maximum absolute atomic E-state index is 13.0. The highest BCUT2D eigenvalue weighted by molar-refractivity contribution is 6.39. The molecule has 1 aromatic heterocycles. The van der Waals surface area contributed by atoms with E-state index in [4.69, 9.17) is 23.2 Å². The second-order valence-electron chi connectivity index (χ2n) is 3.12. The molecule has 1 N–H and O–H groups in total. The van der Waals surface area contributed by atoms with Crippen LogP contribution in [0.3, 0.4) is 0 Å². The first kappa shape index (κ1) is 11.2. The molecule has 0 saturated carbocycles. The van der Waals surface area contributed by atoms with Crippen LogP contribution in [0.2, 0.25) is 10.0 Å². The molecule has 2 rings (SSSR count). The predicted octanol–water partition coefficient (Wildman–Crippen LogP) is 3.90. The molecule has 0 aliphatic carbocycles. The molecule has 0 unspecified atom stereocenters. The summed E-state index contributed by atoms with van der Waals surface area (Å²) in [5.74, 6) is -0.875. The highest BCUT2D eigenvalue weighted by Crippen LogP contribution is 2.38. The van der Waals surface area contributed by atoms with Gasteiger partial charge in [-0.3, -0.25) is 0 Å². The van der Waals surface area contributed by atoms with Crippen molar-refractivity contribution in [1.29, 1.82) is 0 Å². The largest absolute Gasteiger partial charge is 0.506 e. The average molecular weight is 258 g/mol. The van der Waals surface area contributed by atoms with E-state index in [1.165, 1.54) is 0 Å². The van der Waals surface area contributed by atoms with E-state index in [9.17, 15) is 9.50 Å². The summed E-state index contributed by atoms with van der Waals surface area (Å²) in [6.45, 7) is 0. The summed E-state index contributed by atoms with van der Waals surface area (Å²) in [7, 11) is 0. The number of aromatic hydroxyl groups is 1. The molecule has 2 nitrogen and oxygen atoms in total. The SMILES string of the molecule is Oc1cnc(F)cc1-c1c(Cl)cccc1Cl. The summed E-state index contributed by atoms with van der Waals surface area (Å²) < 4.78 is 13.0. The molecule has 0 atom stereocenters. The summed E-state index contributed by atoms with van der Waals surface area (Å²) in [6.07, 6.45) is 1.02. The number of halogens is 3. The van der Waals surface area contributed by atoms with Crippen LogP contribution in [0, 0.1) is 5.95 Å². The van der Waals surface area contributed by atoms with Gasteiger partial charge in [-0.15, -0.1) is 0 Å². The average Bonchev–Trinajstić information content (AvgIpc) is 2.23. The van der Waals surface area contributed by atoms with Crippen LogP contribution in [-0.2, 0) is 0 Å². The highest BCUT2D eigenvalue weighted by Gasteiger charge is 2.13. The standard InChI is InChI=1S/C11H6Cl2FNO/c12-7-2-1-3-8(13)11(7)6-4-10(14)15-5-9(6)16/h1-5,16H. The lowest BCUT2D eigenvalue weighted by atomic mass is 10.1. The minimum absolute atomic E-state index is 0.170. The Labute approximate surface area is 101 Å². The number of nitrogens with zero attached hydrogens (tertiary/aromatic N) is 1. The van der Waals surface area contributed by atoms with Crippen LogP contribution in [0.15, 0.2) is 30.5 Å². The van der Waals surface area contributed by atoms with Gasteiger partial charge in [0.1, 0.15) is 5.75 Å². The van der Waals surface area contributed by atoms with Crippen LogP contribution in [0.4, 0.5) is 4.39 Å². The Kier molecular flexibility index (Phi) is 2.99. The minimum atomic E-state index is -0.705. The zero-order valence-electron chi connectivity index (χ0n) is 7.92. The Morgan fingerprint density at radius 2 is 1.81 bits per heavy atom. The molecule has 2 aromatic rings. The van der Waals surface area contributed by atoms with Gasteiger partial charge >= 0.3 is 0 Å². The topological polar surface area (TPSA) is 33.1 Å². The molecule has 1 aromatic carbocycles. The van der Waals surface area contributed by atoms with E-state index in [-0.39, 0.29) is 11.3 Å². The summed E-state index contributed by atoms with van der Waals surface area (Å²) >= 11 is 11.9. The summed E-state index contributed by atoms with van der Waals surface area (Å²) in [6, 6.07) is 5.98. The third-order valence-corrected chi connectivity index (χ3v) is 2.71. The lowest BCUT2D eigenvalue weighted by molar-refractivity contribution is 0.469. The van der Waals surface area contributed by atoms with E-state index in [0.29, 0.717) is 15.6 Å². The monoisotopic (exact) mass is 257 g/mol. The van der Waals surface area contributed by atoms with E-state index < -0.39 is 5.95 Å². The fraction of sp³-hybridized carbons (Fsp3) is 0. The van der Waals surface area contributed by atoms with Gasteiger partial charge < -0.3 is 5.11 Å². The number of aromatic nitrogens is 1. The molecule has 5 heteroatoms. The van der Waals surface area contributed by atoms with Crippen molar-refractivity contribution in [3.63, 3.8) is 0 Å². The molecule has 1 heterocycles. The van der Waals surface area contributed by atoms with Crippen LogP contribution in [0.5, 0.6) is 5.75 Å². The molecule has 0 radical (unpaired) electrons. The number of pyridine rings is 1. The zero-order valence-corrected chi connectivity index (χ0v) is 9.43. The molecule has 0 aliphatic heterocycles. The van der Waals surface area contributed by atoms with Gasteiger partial charge in [-0.25, -0.2) is 4.98 Å². The molecule has 0 amide bonds. The molecule has 0 aliphatic rings. The van der Waals surface area contributed by atoms with Crippen molar-refractivity contribution in [2.24, 2.45) is 0 Å². The fourth-order valence-corrected chi connectivity index (χ4v) is 1.98. The number of rotatable bonds is 1. The lowest BCUT2D eigenvalue weighted by Gasteiger charge is -2.08. The third-order valence-electron chi connectivity index (χ3n) is 2.08. The van der Waals surface area contributed by atoms with Crippen LogP contribution >= 0.6 is 23.2 Å². The first-order chi connectivity index (χ1) is 7.59. The normalized spacial score (nSPS) is 10.4. The van der Waals surface area contributed by atoms with Gasteiger partial charge in [0, 0.05) is 17.2 Å². The number of hydrogen-bond donors (Lipinski definition) is 1. The molecule has 82 valence electrons. The van der Waals surface area contributed by atoms with Crippen LogP contribution in [-0.4, -0.2) is 10.1 Å². The van der Waals surface area contributed by atoms with Gasteiger partial charge in [-0.05, 0) is 12.1 Å². The maximum Gasteiger partial charge on any atom is 0.213 e. The first-order valence-corrected chi connectivity index (χ1v) is 5.14. The molecule has 0 bridgehead atoms. The first-order valence-electron chi connectivity index (χ1n) is 4.38. The molecule has 0 spiro atoms. The maximum atomic E-state index is 13.0. The molecule has 16 heavy (non-hydrogen) atoms. The van der Waals surface area contributed by atoms with E-state index in [1.807, 2.05) is 0 Å². The van der Waals surface area contributed by atoms with Gasteiger partial charge in [-0.2, -0.15) is 4.39 Å². The minimum Gasteiger partial charge on any atom is -0.506 e. The van der Waals surface area contributed by atoms with E-state index in [1.54, 1.807) is 18.2 Å². The molecular weight excluding hydrogens is 252 g/mol. The second-order valence-corrected chi connectivity index (χ2v) is 3.94. The smallest absolute Gasteiger partial charge is 0.213 e. The number of hydrogen-bond acceptors (Lipinski definition) is 2. The summed E-state index contributed by atoms with van der Waals surface area (Å²) in [5.41, 5.74) is 0.618. The van der Waals surface area contributed by atoms with Crippen molar-refractivity contribution in [2.75, 3.05) is 0 Å². The third kappa shape index (κ3) is 1.96. The van der Waals surface area contributed by atoms with Crippen molar-refractivity contribution >= 4 is 23.2 Å². The fourth-order valence-electron chi connectivity index (χ4n) is 1.38. The van der Waals surface area contributed by atoms with Crippen LogP contribution in [0.25, 0.3) is 11.1 Å². The quantitative estimate of drug-likeness (QED) is 0.787. The van der Waals surface area contributed by atoms with E-state index in [0.717, 1.165) is 12.3 Å². The van der Waals surface area contributed by atoms with Crippen molar-refractivity contribution in [1.82, 2.24) is 4.98 Å². The lowest BCUT2D eigenvalue weighted by Crippen LogP contribution is -1.87. The summed E-state index contributed by atoms with van der Waals surface area (Å²) in [5, 5.41) is 10.3. The Bertz CT molecular complexity index is 525. The van der Waals surface area contributed by atoms with E-state index >= 15 is 0 Å². The van der Waals surface area contributed by atoms with Gasteiger partial charge in [0.05, 0.1) is 16.2 Å².